The van der Waals surface area contributed by atoms with E-state index in [0.717, 1.165) is 14.8 Å². The molecule has 0 fully saturated rings. The molecule has 2 aromatic carbocycles. The van der Waals surface area contributed by atoms with Crippen molar-refractivity contribution in [2.45, 2.75) is 19.1 Å². The lowest BCUT2D eigenvalue weighted by molar-refractivity contribution is 0.0785. The molecule has 34 heavy (non-hydrogen) atoms. The van der Waals surface area contributed by atoms with Gasteiger partial charge in [-0.3, -0.25) is 0 Å². The first-order chi connectivity index (χ1) is 16.4. The Labute approximate surface area is 209 Å². The van der Waals surface area contributed by atoms with Crippen LogP contribution in [0.3, 0.4) is 0 Å². The van der Waals surface area contributed by atoms with Crippen molar-refractivity contribution in [1.82, 2.24) is 19.5 Å². The number of imidazole rings is 2. The Morgan fingerprint density at radius 2 is 1.76 bits per heavy atom. The van der Waals surface area contributed by atoms with Gasteiger partial charge in [-0.1, -0.05) is 12.1 Å². The molecule has 0 saturated heterocycles. The maximum Gasteiger partial charge on any atom is 0.329 e. The van der Waals surface area contributed by atoms with Crippen LogP contribution in [0.4, 0.5) is 0 Å². The van der Waals surface area contributed by atoms with Crippen LogP contribution in [0.25, 0.3) is 22.5 Å². The van der Waals surface area contributed by atoms with Crippen molar-refractivity contribution in [3.63, 3.8) is 0 Å². The molecule has 0 aliphatic heterocycles. The second kappa shape index (κ2) is 10.5. The molecule has 2 aromatic heterocycles. The summed E-state index contributed by atoms with van der Waals surface area (Å²) in [7, 11) is 1.54. The normalized spacial score (nSPS) is 13.1. The molecular weight excluding hydrogens is 551 g/mol. The second-order valence-corrected chi connectivity index (χ2v) is 8.92. The summed E-state index contributed by atoms with van der Waals surface area (Å²) < 4.78 is 13.3. The Morgan fingerprint density at radius 3 is 2.41 bits per heavy atom. The van der Waals surface area contributed by atoms with Crippen LogP contribution in [-0.4, -0.2) is 56.2 Å². The number of rotatable bonds is 9. The van der Waals surface area contributed by atoms with Crippen LogP contribution in [0.15, 0.2) is 59.5 Å². The largest absolute Gasteiger partial charge is 0.493 e. The fourth-order valence-electron chi connectivity index (χ4n) is 3.73. The van der Waals surface area contributed by atoms with Crippen LogP contribution in [0.1, 0.15) is 18.8 Å². The summed E-state index contributed by atoms with van der Waals surface area (Å²) in [6.07, 6.45) is 1.23. The zero-order valence-electron chi connectivity index (χ0n) is 18.7. The third-order valence-corrected chi connectivity index (χ3v) is 6.25. The molecule has 2 heterocycles. The van der Waals surface area contributed by atoms with Crippen LogP contribution in [0, 0.1) is 3.57 Å². The van der Waals surface area contributed by atoms with Gasteiger partial charge >= 0.3 is 5.69 Å². The molecule has 0 amide bonds. The Kier molecular flexibility index (Phi) is 7.39. The topological polar surface area (TPSA) is 125 Å². The van der Waals surface area contributed by atoms with Gasteiger partial charge in [-0.2, -0.15) is 0 Å². The number of benzene rings is 2. The number of H-pyrrole nitrogens is 2. The van der Waals surface area contributed by atoms with Crippen molar-refractivity contribution in [1.29, 1.82) is 0 Å². The molecule has 0 spiro atoms. The standard InChI is InChI=1S/C24H25IN4O5/c1-14(33-2)21(22-26-13-19(27-22)15-3-7-17(25)8-4-15)29-23(31)20(28-24(29)32)16-5-9-18(10-6-16)34-12-11-30/h3-10,13-14,21,30-31H,11-12H2,1-2H3,(H,26,27)(H,28,32)/t14-,21+/m1/s1. The summed E-state index contributed by atoms with van der Waals surface area (Å²) in [4.78, 5) is 23.5. The molecule has 0 aliphatic rings. The van der Waals surface area contributed by atoms with Crippen LogP contribution < -0.4 is 10.4 Å². The van der Waals surface area contributed by atoms with Crippen molar-refractivity contribution in [3.05, 3.63) is 74.6 Å². The number of aliphatic hydroxyl groups excluding tert-OH is 1. The lowest BCUT2D eigenvalue weighted by Gasteiger charge is -2.22. The number of aromatic nitrogens is 4. The minimum atomic E-state index is -0.702. The third-order valence-electron chi connectivity index (χ3n) is 5.53. The van der Waals surface area contributed by atoms with Gasteiger partial charge in [0.25, 0.3) is 0 Å². The average molecular weight is 576 g/mol. The van der Waals surface area contributed by atoms with Crippen LogP contribution in [0.5, 0.6) is 11.6 Å². The number of nitrogens with one attached hydrogen (secondary N) is 2. The Balaban J connectivity index is 1.71. The molecule has 10 heteroatoms. The molecule has 9 nitrogen and oxygen atoms in total. The van der Waals surface area contributed by atoms with E-state index in [2.05, 4.69) is 37.5 Å². The first-order valence-electron chi connectivity index (χ1n) is 10.6. The van der Waals surface area contributed by atoms with Gasteiger partial charge in [0.15, 0.2) is 0 Å². The summed E-state index contributed by atoms with van der Waals surface area (Å²) in [5.74, 6) is 0.831. The van der Waals surface area contributed by atoms with Gasteiger partial charge in [-0.25, -0.2) is 14.3 Å². The van der Waals surface area contributed by atoms with Gasteiger partial charge in [0.05, 0.1) is 24.6 Å². The van der Waals surface area contributed by atoms with Crippen LogP contribution in [-0.2, 0) is 4.74 Å². The minimum absolute atomic E-state index is 0.0874. The molecule has 4 N–H and O–H groups in total. The molecule has 0 unspecified atom stereocenters. The van der Waals surface area contributed by atoms with Crippen LogP contribution in [0.2, 0.25) is 0 Å². The SMILES string of the molecule is CO[C@H](C)[C@@H](c1ncc(-c2ccc(I)cc2)[nH]1)n1c(O)c(-c2ccc(OCCO)cc2)[nH]c1=O. The van der Waals surface area contributed by atoms with Crippen molar-refractivity contribution in [2.75, 3.05) is 20.3 Å². The van der Waals surface area contributed by atoms with E-state index < -0.39 is 17.8 Å². The quantitative estimate of drug-likeness (QED) is 0.226. The molecule has 4 rings (SSSR count). The molecular formula is C24H25IN4O5. The highest BCUT2D eigenvalue weighted by molar-refractivity contribution is 14.1. The highest BCUT2D eigenvalue weighted by atomic mass is 127. The lowest BCUT2D eigenvalue weighted by Crippen LogP contribution is -2.32. The van der Waals surface area contributed by atoms with E-state index in [1.54, 1.807) is 37.6 Å². The van der Waals surface area contributed by atoms with Gasteiger partial charge < -0.3 is 29.7 Å². The van der Waals surface area contributed by atoms with E-state index in [0.29, 0.717) is 17.1 Å². The summed E-state index contributed by atoms with van der Waals surface area (Å²) in [5, 5.41) is 20.0. The number of hydrogen-bond acceptors (Lipinski definition) is 6. The Bertz CT molecular complexity index is 1290. The molecule has 2 atom stereocenters. The van der Waals surface area contributed by atoms with Crippen molar-refractivity contribution in [2.24, 2.45) is 0 Å². The lowest BCUT2D eigenvalue weighted by atomic mass is 10.1. The Hall–Kier alpha value is -3.09. The van der Waals surface area contributed by atoms with E-state index in [4.69, 9.17) is 14.6 Å². The predicted octanol–water partition coefficient (Wildman–Crippen LogP) is 3.54. The van der Waals surface area contributed by atoms with E-state index in [-0.39, 0.29) is 24.8 Å². The summed E-state index contributed by atoms with van der Waals surface area (Å²) in [6, 6.07) is 14.1. The van der Waals surface area contributed by atoms with Crippen molar-refractivity contribution >= 4 is 22.6 Å². The van der Waals surface area contributed by atoms with E-state index in [1.807, 2.05) is 31.2 Å². The van der Waals surface area contributed by atoms with E-state index in [1.165, 1.54) is 4.57 Å². The van der Waals surface area contributed by atoms with Gasteiger partial charge in [0.1, 0.15) is 29.9 Å². The zero-order valence-corrected chi connectivity index (χ0v) is 20.8. The van der Waals surface area contributed by atoms with Gasteiger partial charge in [-0.05, 0) is 71.5 Å². The minimum Gasteiger partial charge on any atom is -0.493 e. The predicted molar refractivity (Wildman–Crippen MR) is 136 cm³/mol. The number of aliphatic hydroxyl groups is 1. The number of ether oxygens (including phenoxy) is 2. The molecule has 178 valence electrons. The molecule has 0 bridgehead atoms. The van der Waals surface area contributed by atoms with Gasteiger partial charge in [0, 0.05) is 16.2 Å². The highest BCUT2D eigenvalue weighted by Gasteiger charge is 2.30. The van der Waals surface area contributed by atoms with Crippen molar-refractivity contribution in [3.8, 4) is 34.1 Å². The maximum atomic E-state index is 13.0. The van der Waals surface area contributed by atoms with Gasteiger partial charge in [0.2, 0.25) is 5.88 Å². The average Bonchev–Trinajstić information content (AvgIpc) is 3.44. The summed E-state index contributed by atoms with van der Waals surface area (Å²) >= 11 is 2.25. The fraction of sp³-hybridized carbons (Fsp3) is 0.250. The summed E-state index contributed by atoms with van der Waals surface area (Å²) in [6.45, 7) is 1.90. The third kappa shape index (κ3) is 4.88. The Morgan fingerprint density at radius 1 is 1.09 bits per heavy atom. The fourth-order valence-corrected chi connectivity index (χ4v) is 4.09. The number of nitrogens with zero attached hydrogens (tertiary/aromatic N) is 2. The molecule has 4 aromatic rings. The van der Waals surface area contributed by atoms with E-state index in [9.17, 15) is 9.90 Å². The maximum absolute atomic E-state index is 13.0. The zero-order chi connectivity index (χ0) is 24.2. The monoisotopic (exact) mass is 576 g/mol. The number of halogens is 1. The molecule has 0 radical (unpaired) electrons. The summed E-state index contributed by atoms with van der Waals surface area (Å²) in [5.41, 5.74) is 2.14. The smallest absolute Gasteiger partial charge is 0.329 e. The number of methoxy groups -OCH3 is 1. The van der Waals surface area contributed by atoms with Crippen LogP contribution >= 0.6 is 22.6 Å². The van der Waals surface area contributed by atoms with Gasteiger partial charge in [-0.15, -0.1) is 0 Å². The number of hydrogen-bond donors (Lipinski definition) is 4. The number of aromatic hydroxyl groups is 1. The van der Waals surface area contributed by atoms with Crippen molar-refractivity contribution < 1.29 is 19.7 Å². The molecule has 0 aliphatic carbocycles. The first kappa shape index (κ1) is 24.0. The first-order valence-corrected chi connectivity index (χ1v) is 11.7. The van der Waals surface area contributed by atoms with E-state index >= 15 is 0 Å². The second-order valence-electron chi connectivity index (χ2n) is 7.67. The highest BCUT2D eigenvalue weighted by Crippen LogP contribution is 2.33. The molecule has 0 saturated carbocycles. The number of aromatic amines is 2.